The highest BCUT2D eigenvalue weighted by atomic mass is 32.2. The lowest BCUT2D eigenvalue weighted by Gasteiger charge is -2.57. The predicted molar refractivity (Wildman–Crippen MR) is 111 cm³/mol. The van der Waals surface area contributed by atoms with E-state index in [2.05, 4.69) is 4.90 Å². The summed E-state index contributed by atoms with van der Waals surface area (Å²) in [5, 5.41) is 18.3. The van der Waals surface area contributed by atoms with E-state index >= 15 is 0 Å². The first-order valence-corrected chi connectivity index (χ1v) is 12.3. The molecule has 0 spiro atoms. The molecule has 1 N–H and O–H groups in total. The molecule has 0 bridgehead atoms. The van der Waals surface area contributed by atoms with Gasteiger partial charge in [0.2, 0.25) is 10.0 Å². The molecule has 1 aromatic carbocycles. The minimum absolute atomic E-state index is 0.0544. The molecule has 4 rings (SSSR count). The quantitative estimate of drug-likeness (QED) is 0.743. The van der Waals surface area contributed by atoms with Gasteiger partial charge in [-0.3, -0.25) is 9.69 Å². The maximum atomic E-state index is 13.7. The Labute approximate surface area is 178 Å². The fraction of sp³-hybridized carbons (Fsp3) is 0.636. The highest BCUT2D eigenvalue weighted by molar-refractivity contribution is 7.89. The van der Waals surface area contributed by atoms with Crippen LogP contribution in [-0.2, 0) is 14.8 Å². The van der Waals surface area contributed by atoms with E-state index in [9.17, 15) is 18.5 Å². The minimum Gasteiger partial charge on any atom is -0.481 e. The Morgan fingerprint density at radius 1 is 1.23 bits per heavy atom. The van der Waals surface area contributed by atoms with Crippen molar-refractivity contribution in [3.05, 3.63) is 29.8 Å². The van der Waals surface area contributed by atoms with Gasteiger partial charge in [0.1, 0.15) is 0 Å². The van der Waals surface area contributed by atoms with Gasteiger partial charge >= 0.3 is 5.97 Å². The van der Waals surface area contributed by atoms with Crippen LogP contribution in [0, 0.1) is 23.2 Å². The number of rotatable bonds is 6. The number of hydrogen-bond donors (Lipinski definition) is 1. The summed E-state index contributed by atoms with van der Waals surface area (Å²) in [6, 6.07) is 8.46. The largest absolute Gasteiger partial charge is 0.481 e. The molecule has 0 amide bonds. The Morgan fingerprint density at radius 2 is 2.00 bits per heavy atom. The van der Waals surface area contributed by atoms with Crippen molar-refractivity contribution in [2.24, 2.45) is 11.8 Å². The molecule has 0 radical (unpaired) electrons. The molecule has 7 nitrogen and oxygen atoms in total. The van der Waals surface area contributed by atoms with Crippen molar-refractivity contribution in [3.8, 4) is 6.07 Å². The Morgan fingerprint density at radius 3 is 2.73 bits per heavy atom. The van der Waals surface area contributed by atoms with Crippen LogP contribution in [0.1, 0.15) is 50.5 Å². The number of piperidine rings is 3. The maximum absolute atomic E-state index is 13.7. The van der Waals surface area contributed by atoms with Gasteiger partial charge in [-0.15, -0.1) is 0 Å². The number of aliphatic carboxylic acids is 1. The summed E-state index contributed by atoms with van der Waals surface area (Å²) in [5.74, 6) is -0.294. The molecule has 4 atom stereocenters. The van der Waals surface area contributed by atoms with Gasteiger partial charge in [-0.1, -0.05) is 6.07 Å². The number of benzene rings is 1. The first-order chi connectivity index (χ1) is 14.4. The number of hydrogen-bond acceptors (Lipinski definition) is 5. The van der Waals surface area contributed by atoms with E-state index in [0.29, 0.717) is 36.9 Å². The molecule has 8 heteroatoms. The van der Waals surface area contributed by atoms with Crippen molar-refractivity contribution >= 4 is 16.0 Å². The molecule has 3 heterocycles. The summed E-state index contributed by atoms with van der Waals surface area (Å²) < 4.78 is 29.0. The third-order valence-corrected chi connectivity index (χ3v) is 8.97. The second kappa shape index (κ2) is 8.66. The monoisotopic (exact) mass is 431 g/mol. The summed E-state index contributed by atoms with van der Waals surface area (Å²) in [6.45, 7) is 2.64. The molecule has 0 aliphatic carbocycles. The summed E-state index contributed by atoms with van der Waals surface area (Å²) in [4.78, 5) is 13.8. The van der Waals surface area contributed by atoms with Crippen molar-refractivity contribution in [1.82, 2.24) is 9.21 Å². The van der Waals surface area contributed by atoms with Gasteiger partial charge in [-0.2, -0.15) is 9.57 Å². The molecule has 0 aromatic heterocycles. The Hall–Kier alpha value is -1.95. The highest BCUT2D eigenvalue weighted by Gasteiger charge is 2.51. The van der Waals surface area contributed by atoms with Gasteiger partial charge in [0.15, 0.2) is 0 Å². The van der Waals surface area contributed by atoms with Crippen molar-refractivity contribution in [1.29, 1.82) is 5.26 Å². The Balaban J connectivity index is 1.69. The van der Waals surface area contributed by atoms with Crippen LogP contribution in [0.25, 0.3) is 0 Å². The van der Waals surface area contributed by atoms with Crippen LogP contribution in [0.5, 0.6) is 0 Å². The fourth-order valence-corrected chi connectivity index (χ4v) is 7.72. The third-order valence-electron chi connectivity index (χ3n) is 7.09. The molecule has 30 heavy (non-hydrogen) atoms. The van der Waals surface area contributed by atoms with Gasteiger partial charge in [0.05, 0.1) is 16.5 Å². The summed E-state index contributed by atoms with van der Waals surface area (Å²) in [7, 11) is -3.77. The summed E-state index contributed by atoms with van der Waals surface area (Å²) in [5.41, 5.74) is 0.329. The van der Waals surface area contributed by atoms with Gasteiger partial charge < -0.3 is 5.11 Å². The van der Waals surface area contributed by atoms with Crippen LogP contribution in [0.4, 0.5) is 0 Å². The molecule has 3 saturated heterocycles. The average molecular weight is 432 g/mol. The van der Waals surface area contributed by atoms with E-state index in [4.69, 9.17) is 5.11 Å². The number of carboxylic acid groups (broad SMARTS) is 1. The topological polar surface area (TPSA) is 102 Å². The third kappa shape index (κ3) is 3.98. The van der Waals surface area contributed by atoms with E-state index in [-0.39, 0.29) is 23.3 Å². The Bertz CT molecular complexity index is 940. The maximum Gasteiger partial charge on any atom is 0.303 e. The van der Waals surface area contributed by atoms with E-state index < -0.39 is 16.0 Å². The van der Waals surface area contributed by atoms with Crippen LogP contribution in [0.3, 0.4) is 0 Å². The molecule has 162 valence electrons. The number of carboxylic acids is 1. The predicted octanol–water partition coefficient (Wildman–Crippen LogP) is 2.68. The number of nitriles is 1. The normalized spacial score (nSPS) is 29.7. The van der Waals surface area contributed by atoms with Crippen molar-refractivity contribution in [2.75, 3.05) is 19.6 Å². The number of nitrogens with zero attached hydrogens (tertiary/aromatic N) is 3. The lowest BCUT2D eigenvalue weighted by molar-refractivity contribution is -0.137. The molecule has 0 unspecified atom stereocenters. The van der Waals surface area contributed by atoms with Crippen molar-refractivity contribution in [3.63, 3.8) is 0 Å². The average Bonchev–Trinajstić information content (AvgIpc) is 2.75. The zero-order valence-electron chi connectivity index (χ0n) is 17.1. The smallest absolute Gasteiger partial charge is 0.303 e. The lowest BCUT2D eigenvalue weighted by atomic mass is 9.70. The second-order valence-corrected chi connectivity index (χ2v) is 10.7. The first-order valence-electron chi connectivity index (χ1n) is 10.9. The minimum atomic E-state index is -3.77. The zero-order valence-corrected chi connectivity index (χ0v) is 17.9. The first kappa shape index (κ1) is 21.3. The molecule has 3 fully saturated rings. The number of sulfonamides is 1. The van der Waals surface area contributed by atoms with Crippen LogP contribution >= 0.6 is 0 Å². The second-order valence-electron chi connectivity index (χ2n) is 8.80. The van der Waals surface area contributed by atoms with Gasteiger partial charge in [-0.05, 0) is 81.6 Å². The van der Waals surface area contributed by atoms with Crippen LogP contribution in [0.2, 0.25) is 0 Å². The van der Waals surface area contributed by atoms with E-state index in [1.165, 1.54) is 6.07 Å². The number of carbonyl (C=O) groups is 1. The van der Waals surface area contributed by atoms with Crippen LogP contribution < -0.4 is 0 Å². The molecular formula is C22H29N3O4S. The van der Waals surface area contributed by atoms with Crippen LogP contribution in [0.15, 0.2) is 29.2 Å². The standard InChI is InChI=1S/C22H29N3O4S/c23-14-16-5-1-7-18(13-16)30(28,29)25-15-17-6-3-11-24-12-4-8-19(22(17)24)20(25)9-2-10-21(26)27/h1,5,7,13,17,19-20,22H,2-4,6,8-12,15H2,(H,26,27)/t17-,19+,20+,22-/m0/s1. The van der Waals surface area contributed by atoms with Crippen molar-refractivity contribution in [2.45, 2.75) is 61.9 Å². The Kier molecular flexibility index (Phi) is 6.14. The van der Waals surface area contributed by atoms with E-state index in [1.54, 1.807) is 22.5 Å². The lowest BCUT2D eigenvalue weighted by Crippen LogP contribution is -2.65. The molecular weight excluding hydrogens is 402 g/mol. The van der Waals surface area contributed by atoms with Crippen LogP contribution in [-0.4, -0.2) is 60.4 Å². The van der Waals surface area contributed by atoms with Gasteiger partial charge in [0.25, 0.3) is 0 Å². The molecule has 1 aromatic rings. The molecule has 3 aliphatic heterocycles. The molecule has 0 saturated carbocycles. The van der Waals surface area contributed by atoms with E-state index in [0.717, 1.165) is 38.8 Å². The SMILES string of the molecule is N#Cc1cccc(S(=O)(=O)N2C[C@@H]3CCCN4CCC[C@@H]([C@H]34)[C@H]2CCCC(=O)O)c1. The van der Waals surface area contributed by atoms with Gasteiger partial charge in [-0.25, -0.2) is 8.42 Å². The molecule has 3 aliphatic rings. The highest BCUT2D eigenvalue weighted by Crippen LogP contribution is 2.45. The summed E-state index contributed by atoms with van der Waals surface area (Å²) >= 11 is 0. The summed E-state index contributed by atoms with van der Waals surface area (Å²) in [6.07, 6.45) is 5.25. The zero-order chi connectivity index (χ0) is 21.3. The van der Waals surface area contributed by atoms with Crippen molar-refractivity contribution < 1.29 is 18.3 Å². The van der Waals surface area contributed by atoms with Gasteiger partial charge in [0, 0.05) is 25.0 Å². The van der Waals surface area contributed by atoms with E-state index in [1.807, 2.05) is 6.07 Å². The fourth-order valence-electron chi connectivity index (χ4n) is 5.91.